The molecule has 2 N–H and O–H groups in total. The molecule has 1 amide bonds. The van der Waals surface area contributed by atoms with E-state index in [4.69, 9.17) is 11.6 Å². The van der Waals surface area contributed by atoms with Crippen molar-refractivity contribution in [2.75, 3.05) is 25.5 Å². The normalized spacial score (nSPS) is 11.1. The van der Waals surface area contributed by atoms with Gasteiger partial charge in [0.2, 0.25) is 5.91 Å². The number of para-hydroxylation sites is 1. The highest BCUT2D eigenvalue weighted by atomic mass is 35.5. The highest BCUT2D eigenvalue weighted by Gasteiger charge is 2.18. The Morgan fingerprint density at radius 2 is 1.77 bits per heavy atom. The number of amides is 1. The summed E-state index contributed by atoms with van der Waals surface area (Å²) in [4.78, 5) is 29.8. The van der Waals surface area contributed by atoms with Crippen molar-refractivity contribution in [2.24, 2.45) is 0 Å². The molecule has 3 rings (SSSR count). The van der Waals surface area contributed by atoms with Crippen LogP contribution >= 0.6 is 11.6 Å². The molecule has 0 saturated heterocycles. The number of aryl methyl sites for hydroxylation is 1. The number of fused-ring (bicyclic) bond motifs is 1. The largest absolute Gasteiger partial charge is 0.358 e. The van der Waals surface area contributed by atoms with E-state index >= 15 is 0 Å². The number of nitrogens with zero attached hydrogens (tertiary/aromatic N) is 1. The number of hydrogen-bond donors (Lipinski definition) is 2. The van der Waals surface area contributed by atoms with E-state index in [0.717, 1.165) is 16.6 Å². The minimum atomic E-state index is -0.182. The third kappa shape index (κ3) is 4.12. The number of likely N-dealkylation sites (N-methyl/N-ethyl adjacent to an activating group) is 1. The van der Waals surface area contributed by atoms with Crippen molar-refractivity contribution in [1.82, 2.24) is 9.88 Å². The van der Waals surface area contributed by atoms with E-state index in [1.54, 1.807) is 36.2 Å². The fourth-order valence-electron chi connectivity index (χ4n) is 2.99. The summed E-state index contributed by atoms with van der Waals surface area (Å²) in [6.07, 6.45) is 0. The lowest BCUT2D eigenvalue weighted by molar-refractivity contribution is -0.116. The third-order valence-electron chi connectivity index (χ3n) is 4.13. The number of benzene rings is 2. The second kappa shape index (κ2) is 7.72. The molecule has 0 aliphatic rings. The van der Waals surface area contributed by atoms with Gasteiger partial charge in [-0.25, -0.2) is 0 Å². The van der Waals surface area contributed by atoms with Gasteiger partial charge >= 0.3 is 0 Å². The predicted molar refractivity (Wildman–Crippen MR) is 105 cm³/mol. The molecule has 2 aromatic carbocycles. The number of hydrogen-bond acceptors (Lipinski definition) is 3. The molecule has 6 heteroatoms. The van der Waals surface area contributed by atoms with Gasteiger partial charge in [0.1, 0.15) is 0 Å². The second-order valence-electron chi connectivity index (χ2n) is 6.32. The first kappa shape index (κ1) is 18.2. The molecule has 0 fully saturated rings. The number of rotatable bonds is 6. The number of halogens is 1. The van der Waals surface area contributed by atoms with Crippen molar-refractivity contribution in [2.45, 2.75) is 6.92 Å². The molecule has 0 spiro atoms. The number of ketones is 1. The van der Waals surface area contributed by atoms with Gasteiger partial charge in [0.05, 0.1) is 13.1 Å². The highest BCUT2D eigenvalue weighted by Crippen LogP contribution is 2.22. The fraction of sp³-hybridized carbons (Fsp3) is 0.200. The minimum absolute atomic E-state index is 0.0123. The standard InChI is InChI=1S/C20H20ClN3O2/c1-13-20(16-5-3-4-6-17(16)22-13)18(25)11-24(2)12-19(26)23-15-9-7-14(21)8-10-15/h3-10,22H,11-12H2,1-2H3,(H,23,26). The Bertz CT molecular complexity index is 947. The summed E-state index contributed by atoms with van der Waals surface area (Å²) in [6.45, 7) is 2.17. The van der Waals surface area contributed by atoms with E-state index in [2.05, 4.69) is 10.3 Å². The molecule has 0 saturated carbocycles. The van der Waals surface area contributed by atoms with E-state index in [-0.39, 0.29) is 24.8 Å². The van der Waals surface area contributed by atoms with Gasteiger partial charge in [-0.15, -0.1) is 0 Å². The van der Waals surface area contributed by atoms with Crippen LogP contribution in [0.2, 0.25) is 5.02 Å². The zero-order valence-corrected chi connectivity index (χ0v) is 15.4. The van der Waals surface area contributed by atoms with Gasteiger partial charge in [0, 0.05) is 32.9 Å². The molecule has 0 bridgehead atoms. The number of carbonyl (C=O) groups excluding carboxylic acids is 2. The minimum Gasteiger partial charge on any atom is -0.358 e. The van der Waals surface area contributed by atoms with E-state index < -0.39 is 0 Å². The van der Waals surface area contributed by atoms with Gasteiger partial charge in [-0.3, -0.25) is 14.5 Å². The number of aromatic nitrogens is 1. The molecule has 1 aromatic heterocycles. The van der Waals surface area contributed by atoms with Gasteiger partial charge in [0.25, 0.3) is 0 Å². The molecule has 0 radical (unpaired) electrons. The molecule has 3 aromatic rings. The van der Waals surface area contributed by atoms with Crippen LogP contribution in [0, 0.1) is 6.92 Å². The van der Waals surface area contributed by atoms with Crippen LogP contribution in [0.25, 0.3) is 10.9 Å². The highest BCUT2D eigenvalue weighted by molar-refractivity contribution is 6.30. The Kier molecular flexibility index (Phi) is 5.40. The molecule has 1 heterocycles. The summed E-state index contributed by atoms with van der Waals surface area (Å²) in [5.74, 6) is -0.194. The first-order valence-corrected chi connectivity index (χ1v) is 8.66. The summed E-state index contributed by atoms with van der Waals surface area (Å²) < 4.78 is 0. The number of H-pyrrole nitrogens is 1. The lowest BCUT2D eigenvalue weighted by Gasteiger charge is -2.15. The Morgan fingerprint density at radius 3 is 2.50 bits per heavy atom. The van der Waals surface area contributed by atoms with Crippen LogP contribution in [0.3, 0.4) is 0 Å². The van der Waals surface area contributed by atoms with E-state index in [9.17, 15) is 9.59 Å². The first-order chi connectivity index (χ1) is 12.4. The zero-order chi connectivity index (χ0) is 18.7. The molecule has 0 aliphatic carbocycles. The molecule has 0 atom stereocenters. The maximum Gasteiger partial charge on any atom is 0.238 e. The molecule has 26 heavy (non-hydrogen) atoms. The van der Waals surface area contributed by atoms with Gasteiger partial charge in [-0.1, -0.05) is 29.8 Å². The van der Waals surface area contributed by atoms with E-state index in [1.165, 1.54) is 0 Å². The Morgan fingerprint density at radius 1 is 1.08 bits per heavy atom. The first-order valence-electron chi connectivity index (χ1n) is 8.28. The lowest BCUT2D eigenvalue weighted by Crippen LogP contribution is -2.34. The van der Waals surface area contributed by atoms with Gasteiger partial charge < -0.3 is 10.3 Å². The average molecular weight is 370 g/mol. The number of Topliss-reactive ketones (excluding diaryl/α,β-unsaturated/α-hetero) is 1. The smallest absolute Gasteiger partial charge is 0.238 e. The quantitative estimate of drug-likeness (QED) is 0.648. The van der Waals surface area contributed by atoms with Crippen LogP contribution in [-0.4, -0.2) is 41.7 Å². The van der Waals surface area contributed by atoms with Crippen molar-refractivity contribution in [3.05, 3.63) is 64.8 Å². The second-order valence-corrected chi connectivity index (χ2v) is 6.76. The van der Waals surface area contributed by atoms with Crippen molar-refractivity contribution in [3.63, 3.8) is 0 Å². The lowest BCUT2D eigenvalue weighted by atomic mass is 10.1. The molecule has 0 unspecified atom stereocenters. The Balaban J connectivity index is 1.62. The Labute approximate surface area is 157 Å². The van der Waals surface area contributed by atoms with Crippen LogP contribution in [0.4, 0.5) is 5.69 Å². The average Bonchev–Trinajstić information content (AvgIpc) is 2.92. The van der Waals surface area contributed by atoms with Crippen LogP contribution in [0.15, 0.2) is 48.5 Å². The molecule has 5 nitrogen and oxygen atoms in total. The third-order valence-corrected chi connectivity index (χ3v) is 4.38. The van der Waals surface area contributed by atoms with Crippen LogP contribution in [0.1, 0.15) is 16.1 Å². The van der Waals surface area contributed by atoms with Gasteiger partial charge in [0.15, 0.2) is 5.78 Å². The van der Waals surface area contributed by atoms with Crippen molar-refractivity contribution < 1.29 is 9.59 Å². The van der Waals surface area contributed by atoms with Crippen molar-refractivity contribution >= 4 is 39.9 Å². The number of anilines is 1. The van der Waals surface area contributed by atoms with E-state index in [1.807, 2.05) is 31.2 Å². The molecule has 0 aliphatic heterocycles. The monoisotopic (exact) mass is 369 g/mol. The maximum absolute atomic E-state index is 12.7. The number of aromatic amines is 1. The summed E-state index contributed by atoms with van der Waals surface area (Å²) >= 11 is 5.83. The molecule has 134 valence electrons. The summed E-state index contributed by atoms with van der Waals surface area (Å²) in [7, 11) is 1.75. The zero-order valence-electron chi connectivity index (χ0n) is 14.7. The molecular formula is C20H20ClN3O2. The number of carbonyl (C=O) groups is 2. The summed E-state index contributed by atoms with van der Waals surface area (Å²) in [5.41, 5.74) is 3.14. The summed E-state index contributed by atoms with van der Waals surface area (Å²) in [6, 6.07) is 14.6. The van der Waals surface area contributed by atoms with Crippen LogP contribution in [-0.2, 0) is 4.79 Å². The van der Waals surface area contributed by atoms with Crippen molar-refractivity contribution in [1.29, 1.82) is 0 Å². The predicted octanol–water partition coefficient (Wildman–Crippen LogP) is 3.88. The topological polar surface area (TPSA) is 65.2 Å². The summed E-state index contributed by atoms with van der Waals surface area (Å²) in [5, 5.41) is 4.31. The fourth-order valence-corrected chi connectivity index (χ4v) is 3.12. The number of nitrogens with one attached hydrogen (secondary N) is 2. The Hall–Kier alpha value is -2.63. The maximum atomic E-state index is 12.7. The van der Waals surface area contributed by atoms with E-state index in [0.29, 0.717) is 16.3 Å². The molecular weight excluding hydrogens is 350 g/mol. The SMILES string of the molecule is Cc1[nH]c2ccccc2c1C(=O)CN(C)CC(=O)Nc1ccc(Cl)cc1. The van der Waals surface area contributed by atoms with Gasteiger partial charge in [-0.2, -0.15) is 0 Å². The van der Waals surface area contributed by atoms with Crippen molar-refractivity contribution in [3.8, 4) is 0 Å². The van der Waals surface area contributed by atoms with Crippen LogP contribution < -0.4 is 5.32 Å². The van der Waals surface area contributed by atoms with Gasteiger partial charge in [-0.05, 0) is 44.3 Å². The van der Waals surface area contributed by atoms with Crippen LogP contribution in [0.5, 0.6) is 0 Å².